The van der Waals surface area contributed by atoms with Crippen LogP contribution in [0.25, 0.3) is 0 Å². The highest BCUT2D eigenvalue weighted by molar-refractivity contribution is 5.47. The molecule has 1 aromatic heterocycles. The molecular weight excluding hydrogens is 224 g/mol. The molecule has 2 bridgehead atoms. The Kier molecular flexibility index (Phi) is 2.35. The second-order valence-electron chi connectivity index (χ2n) is 5.46. The predicted molar refractivity (Wildman–Crippen MR) is 72.3 cm³/mol. The molecule has 2 aliphatic carbocycles. The summed E-state index contributed by atoms with van der Waals surface area (Å²) in [6.07, 6.45) is 4.77. The largest absolute Gasteiger partial charge is 0.326 e. The first-order valence-corrected chi connectivity index (χ1v) is 6.39. The third-order valence-corrected chi connectivity index (χ3v) is 4.26. The molecule has 0 spiro atoms. The van der Waals surface area contributed by atoms with E-state index in [1.165, 1.54) is 11.1 Å². The minimum absolute atomic E-state index is 0.0434. The highest BCUT2D eigenvalue weighted by Crippen LogP contribution is 2.49. The topological polar surface area (TPSA) is 58.9 Å². The van der Waals surface area contributed by atoms with Crippen molar-refractivity contribution in [2.24, 2.45) is 11.7 Å². The van der Waals surface area contributed by atoms with Crippen molar-refractivity contribution in [3.63, 3.8) is 0 Å². The maximum Gasteiger partial charge on any atom is 0.248 e. The Labute approximate surface area is 106 Å². The molecule has 1 aromatic rings. The molecule has 0 amide bonds. The molecule has 0 radical (unpaired) electrons. The molecule has 94 valence electrons. The van der Waals surface area contributed by atoms with Gasteiger partial charge in [0.25, 0.3) is 0 Å². The van der Waals surface area contributed by atoms with E-state index in [2.05, 4.69) is 24.6 Å². The molecule has 3 nitrogen and oxygen atoms in total. The Morgan fingerprint density at radius 2 is 2.28 bits per heavy atom. The lowest BCUT2D eigenvalue weighted by molar-refractivity contribution is 0.350. The fraction of sp³-hybridized carbons (Fsp3) is 0.400. The first-order chi connectivity index (χ1) is 8.54. The van der Waals surface area contributed by atoms with Gasteiger partial charge < -0.3 is 10.7 Å². The van der Waals surface area contributed by atoms with Gasteiger partial charge in [-0.2, -0.15) is 0 Å². The summed E-state index contributed by atoms with van der Waals surface area (Å²) in [4.78, 5) is 14.4. The highest BCUT2D eigenvalue weighted by Gasteiger charge is 2.45. The number of aromatic amines is 1. The van der Waals surface area contributed by atoms with Crippen LogP contribution in [0.3, 0.4) is 0 Å². The standard InChI is InChI=1S/C15H18N2O/c1-3-11-10-6-9(2)8-15(11,16)12-4-5-14(18)17-13(12)7-10/h3-5,10H,2,6-8,16H2,1H3,(H,17,18). The smallest absolute Gasteiger partial charge is 0.248 e. The minimum atomic E-state index is -0.466. The molecule has 0 aliphatic heterocycles. The van der Waals surface area contributed by atoms with Crippen molar-refractivity contribution in [1.29, 1.82) is 0 Å². The lowest BCUT2D eigenvalue weighted by Gasteiger charge is -2.47. The molecule has 1 fully saturated rings. The second-order valence-corrected chi connectivity index (χ2v) is 5.46. The molecule has 2 atom stereocenters. The monoisotopic (exact) mass is 242 g/mol. The van der Waals surface area contributed by atoms with Crippen LogP contribution in [0.2, 0.25) is 0 Å². The van der Waals surface area contributed by atoms with E-state index >= 15 is 0 Å². The van der Waals surface area contributed by atoms with E-state index in [1.807, 2.05) is 6.07 Å². The number of H-pyrrole nitrogens is 1. The minimum Gasteiger partial charge on any atom is -0.326 e. The molecule has 0 saturated heterocycles. The summed E-state index contributed by atoms with van der Waals surface area (Å²) < 4.78 is 0. The average molecular weight is 242 g/mol. The number of fused-ring (bicyclic) bond motifs is 4. The predicted octanol–water partition coefficient (Wildman–Crippen LogP) is 2.00. The normalized spacial score (nSPS) is 32.4. The molecule has 3 heteroatoms. The van der Waals surface area contributed by atoms with Crippen LogP contribution in [0.1, 0.15) is 31.0 Å². The van der Waals surface area contributed by atoms with Crippen molar-refractivity contribution in [2.75, 3.05) is 0 Å². The van der Waals surface area contributed by atoms with E-state index in [1.54, 1.807) is 6.07 Å². The van der Waals surface area contributed by atoms with Crippen molar-refractivity contribution in [3.05, 3.63) is 57.5 Å². The summed E-state index contributed by atoms with van der Waals surface area (Å²) in [6, 6.07) is 3.45. The fourth-order valence-corrected chi connectivity index (χ4v) is 3.66. The van der Waals surface area contributed by atoms with Crippen LogP contribution in [0, 0.1) is 5.92 Å². The van der Waals surface area contributed by atoms with Crippen LogP contribution >= 0.6 is 0 Å². The number of hydrogen-bond acceptors (Lipinski definition) is 2. The molecule has 2 unspecified atom stereocenters. The van der Waals surface area contributed by atoms with Crippen LogP contribution in [-0.2, 0) is 12.0 Å². The Hall–Kier alpha value is -1.61. The lowest BCUT2D eigenvalue weighted by atomic mass is 9.61. The van der Waals surface area contributed by atoms with Crippen LogP contribution in [-0.4, -0.2) is 4.98 Å². The Morgan fingerprint density at radius 1 is 1.50 bits per heavy atom. The quantitative estimate of drug-likeness (QED) is 0.684. The molecule has 3 rings (SSSR count). The zero-order valence-electron chi connectivity index (χ0n) is 10.6. The summed E-state index contributed by atoms with van der Waals surface area (Å²) >= 11 is 0. The molecule has 0 aromatic carbocycles. The zero-order chi connectivity index (χ0) is 12.9. The second kappa shape index (κ2) is 3.69. The number of pyridine rings is 1. The van der Waals surface area contributed by atoms with Crippen molar-refractivity contribution in [3.8, 4) is 0 Å². The lowest BCUT2D eigenvalue weighted by Crippen LogP contribution is -2.49. The van der Waals surface area contributed by atoms with E-state index in [9.17, 15) is 4.79 Å². The first kappa shape index (κ1) is 11.5. The number of aromatic nitrogens is 1. The van der Waals surface area contributed by atoms with Gasteiger partial charge in [0.1, 0.15) is 0 Å². The van der Waals surface area contributed by atoms with E-state index in [0.29, 0.717) is 5.92 Å². The molecule has 3 N–H and O–H groups in total. The van der Waals surface area contributed by atoms with Crippen LogP contribution in [0.4, 0.5) is 0 Å². The average Bonchev–Trinajstić information content (AvgIpc) is 2.26. The van der Waals surface area contributed by atoms with E-state index in [-0.39, 0.29) is 5.56 Å². The van der Waals surface area contributed by atoms with Gasteiger partial charge in [0.05, 0.1) is 5.54 Å². The number of allylic oxidation sites excluding steroid dienone is 1. The maximum absolute atomic E-state index is 11.5. The Bertz CT molecular complexity index is 611. The van der Waals surface area contributed by atoms with Gasteiger partial charge in [-0.25, -0.2) is 0 Å². The van der Waals surface area contributed by atoms with Gasteiger partial charge in [0.15, 0.2) is 0 Å². The molecule has 1 heterocycles. The SMILES string of the molecule is C=C1CC2Cc3[nH]c(=O)ccc3C(N)(C1)C2=CC. The van der Waals surface area contributed by atoms with E-state index in [4.69, 9.17) is 5.73 Å². The number of nitrogens with one attached hydrogen (secondary N) is 1. The summed E-state index contributed by atoms with van der Waals surface area (Å²) in [6.45, 7) is 6.17. The van der Waals surface area contributed by atoms with Gasteiger partial charge in [0, 0.05) is 11.8 Å². The van der Waals surface area contributed by atoms with Crippen molar-refractivity contribution in [1.82, 2.24) is 4.98 Å². The van der Waals surface area contributed by atoms with Gasteiger partial charge in [-0.1, -0.05) is 18.2 Å². The van der Waals surface area contributed by atoms with Crippen LogP contribution in [0.15, 0.2) is 40.7 Å². The van der Waals surface area contributed by atoms with Gasteiger partial charge >= 0.3 is 0 Å². The number of nitrogens with two attached hydrogens (primary N) is 1. The van der Waals surface area contributed by atoms with Crippen LogP contribution in [0.5, 0.6) is 0 Å². The number of rotatable bonds is 0. The highest BCUT2D eigenvalue weighted by atomic mass is 16.1. The summed E-state index contributed by atoms with van der Waals surface area (Å²) in [5.41, 5.74) is 10.7. The summed E-state index contributed by atoms with van der Waals surface area (Å²) in [5.74, 6) is 0.395. The van der Waals surface area contributed by atoms with Crippen molar-refractivity contribution < 1.29 is 0 Å². The Balaban J connectivity index is 2.26. The van der Waals surface area contributed by atoms with Crippen LogP contribution < -0.4 is 11.3 Å². The van der Waals surface area contributed by atoms with Gasteiger partial charge in [-0.05, 0) is 49.3 Å². The van der Waals surface area contributed by atoms with E-state index in [0.717, 1.165) is 30.5 Å². The van der Waals surface area contributed by atoms with Crippen molar-refractivity contribution in [2.45, 2.75) is 31.7 Å². The summed E-state index contributed by atoms with van der Waals surface area (Å²) in [5, 5.41) is 0. The Morgan fingerprint density at radius 3 is 3.00 bits per heavy atom. The zero-order valence-corrected chi connectivity index (χ0v) is 10.6. The van der Waals surface area contributed by atoms with Crippen molar-refractivity contribution >= 4 is 0 Å². The van der Waals surface area contributed by atoms with Gasteiger partial charge in [-0.15, -0.1) is 0 Å². The van der Waals surface area contributed by atoms with E-state index < -0.39 is 5.54 Å². The molecular formula is C15H18N2O. The maximum atomic E-state index is 11.5. The summed E-state index contributed by atoms with van der Waals surface area (Å²) in [7, 11) is 0. The molecule has 2 aliphatic rings. The fourth-order valence-electron chi connectivity index (χ4n) is 3.66. The van der Waals surface area contributed by atoms with Gasteiger partial charge in [0.2, 0.25) is 5.56 Å². The molecule has 1 saturated carbocycles. The van der Waals surface area contributed by atoms with Gasteiger partial charge in [-0.3, -0.25) is 4.79 Å². The third kappa shape index (κ3) is 1.44. The third-order valence-electron chi connectivity index (χ3n) is 4.26. The molecule has 18 heavy (non-hydrogen) atoms. The first-order valence-electron chi connectivity index (χ1n) is 6.39. The number of hydrogen-bond donors (Lipinski definition) is 2.